The van der Waals surface area contributed by atoms with Gasteiger partial charge in [-0.15, -0.1) is 0 Å². The van der Waals surface area contributed by atoms with Gasteiger partial charge in [0.15, 0.2) is 0 Å². The Balaban J connectivity index is 1.59. The molecule has 0 aliphatic carbocycles. The molecule has 0 radical (unpaired) electrons. The molecule has 1 aliphatic rings. The van der Waals surface area contributed by atoms with Crippen molar-refractivity contribution in [3.05, 3.63) is 48.2 Å². The normalized spacial score (nSPS) is 16.0. The lowest BCUT2D eigenvalue weighted by molar-refractivity contribution is -0.123. The number of sulfonamides is 1. The molecule has 2 N–H and O–H groups in total. The average Bonchev–Trinajstić information content (AvgIpc) is 2.82. The minimum atomic E-state index is -3.87. The van der Waals surface area contributed by atoms with Crippen molar-refractivity contribution in [3.63, 3.8) is 0 Å². The van der Waals surface area contributed by atoms with Gasteiger partial charge in [0.25, 0.3) is 0 Å². The van der Waals surface area contributed by atoms with Crippen molar-refractivity contribution in [2.45, 2.75) is 31.3 Å². The number of piperazine rings is 1. The Morgan fingerprint density at radius 1 is 1.09 bits per heavy atom. The number of hydrogen-bond acceptors (Lipinski definition) is 7. The largest absolute Gasteiger partial charge is 0.497 e. The molecule has 1 atom stereocenters. The number of amides is 1. The number of rotatable bonds is 9. The quantitative estimate of drug-likeness (QED) is 0.566. The molecule has 2 heterocycles. The van der Waals surface area contributed by atoms with E-state index >= 15 is 0 Å². The van der Waals surface area contributed by atoms with E-state index in [2.05, 4.69) is 31.9 Å². The van der Waals surface area contributed by atoms with Gasteiger partial charge in [-0.2, -0.15) is 4.72 Å². The second-order valence-corrected chi connectivity index (χ2v) is 10.3. The fourth-order valence-corrected chi connectivity index (χ4v) is 4.87. The summed E-state index contributed by atoms with van der Waals surface area (Å²) in [6.07, 6.45) is 1.75. The van der Waals surface area contributed by atoms with Crippen molar-refractivity contribution in [2.75, 3.05) is 45.2 Å². The Hall–Kier alpha value is -2.69. The first-order valence-corrected chi connectivity index (χ1v) is 12.5. The smallest absolute Gasteiger partial charge is 0.241 e. The van der Waals surface area contributed by atoms with Crippen molar-refractivity contribution in [3.8, 4) is 5.75 Å². The summed E-state index contributed by atoms with van der Waals surface area (Å²) in [6, 6.07) is 9.02. The molecule has 180 valence electrons. The minimum Gasteiger partial charge on any atom is -0.497 e. The van der Waals surface area contributed by atoms with Gasteiger partial charge in [-0.05, 0) is 48.9 Å². The highest BCUT2D eigenvalue weighted by Crippen LogP contribution is 2.17. The van der Waals surface area contributed by atoms with E-state index in [4.69, 9.17) is 4.74 Å². The third-order valence-corrected chi connectivity index (χ3v) is 7.16. The zero-order valence-electron chi connectivity index (χ0n) is 19.6. The number of methoxy groups -OCH3 is 1. The molecule has 1 fully saturated rings. The maximum absolute atomic E-state index is 12.8. The molecule has 2 aromatic rings. The number of ether oxygens (including phenoxy) is 1. The van der Waals surface area contributed by atoms with Crippen molar-refractivity contribution in [1.29, 1.82) is 0 Å². The Morgan fingerprint density at radius 2 is 1.76 bits per heavy atom. The van der Waals surface area contributed by atoms with Gasteiger partial charge in [-0.25, -0.2) is 13.4 Å². The van der Waals surface area contributed by atoms with Crippen LogP contribution >= 0.6 is 0 Å². The molecular weight excluding hydrogens is 442 g/mol. The lowest BCUT2D eigenvalue weighted by atomic mass is 10.0. The predicted octanol–water partition coefficient (Wildman–Crippen LogP) is 1.46. The van der Waals surface area contributed by atoms with Gasteiger partial charge in [0, 0.05) is 38.9 Å². The Morgan fingerprint density at radius 3 is 2.30 bits per heavy atom. The van der Waals surface area contributed by atoms with E-state index in [0.717, 1.165) is 37.6 Å². The zero-order chi connectivity index (χ0) is 24.0. The number of pyridine rings is 1. The first kappa shape index (κ1) is 24.9. The summed E-state index contributed by atoms with van der Waals surface area (Å²) in [5, 5.41) is 2.83. The van der Waals surface area contributed by atoms with Gasteiger partial charge >= 0.3 is 0 Å². The fourth-order valence-electron chi connectivity index (χ4n) is 3.53. The number of benzene rings is 1. The lowest BCUT2D eigenvalue weighted by Crippen LogP contribution is -2.49. The van der Waals surface area contributed by atoms with E-state index in [-0.39, 0.29) is 23.3 Å². The van der Waals surface area contributed by atoms with Gasteiger partial charge in [0.2, 0.25) is 15.9 Å². The molecule has 0 spiro atoms. The predicted molar refractivity (Wildman–Crippen MR) is 128 cm³/mol. The number of aromatic nitrogens is 1. The number of carbonyl (C=O) groups is 1. The molecule has 1 aromatic carbocycles. The zero-order valence-corrected chi connectivity index (χ0v) is 20.4. The van der Waals surface area contributed by atoms with Crippen LogP contribution in [0.1, 0.15) is 19.4 Å². The van der Waals surface area contributed by atoms with Gasteiger partial charge in [0.05, 0.1) is 12.0 Å². The second-order valence-electron chi connectivity index (χ2n) is 8.55. The summed E-state index contributed by atoms with van der Waals surface area (Å²) in [5.74, 6) is 0.853. The van der Waals surface area contributed by atoms with Crippen LogP contribution in [0.25, 0.3) is 0 Å². The summed E-state index contributed by atoms with van der Waals surface area (Å²) < 4.78 is 33.2. The van der Waals surface area contributed by atoms with Crippen LogP contribution in [0, 0.1) is 5.92 Å². The number of anilines is 1. The number of carbonyl (C=O) groups excluding carboxylic acids is 1. The standard InChI is InChI=1S/C23H33N5O4S/c1-17(2)22(26-33(30,31)20-8-6-19(32-4)7-9-20)23(29)25-16-18-5-10-21(24-15-18)28-13-11-27(3)12-14-28/h5-10,15,17,22,26H,11-14,16H2,1-4H3,(H,25,29)/t22-/m0/s1. The average molecular weight is 476 g/mol. The topological polar surface area (TPSA) is 104 Å². The summed E-state index contributed by atoms with van der Waals surface area (Å²) in [6.45, 7) is 7.74. The van der Waals surface area contributed by atoms with Crippen molar-refractivity contribution < 1.29 is 17.9 Å². The van der Waals surface area contributed by atoms with E-state index in [1.54, 1.807) is 32.2 Å². The Bertz CT molecular complexity index is 1020. The number of hydrogen-bond donors (Lipinski definition) is 2. The number of nitrogens with zero attached hydrogens (tertiary/aromatic N) is 3. The molecule has 9 nitrogen and oxygen atoms in total. The van der Waals surface area contributed by atoms with Crippen LogP contribution in [0.5, 0.6) is 5.75 Å². The van der Waals surface area contributed by atoms with E-state index in [1.165, 1.54) is 19.2 Å². The molecule has 1 aliphatic heterocycles. The Kier molecular flexibility index (Phi) is 8.28. The van der Waals surface area contributed by atoms with Gasteiger partial charge in [0.1, 0.15) is 17.6 Å². The van der Waals surface area contributed by atoms with Crippen LogP contribution in [0.3, 0.4) is 0 Å². The summed E-state index contributed by atoms with van der Waals surface area (Å²) in [5.41, 5.74) is 0.849. The third kappa shape index (κ3) is 6.66. The minimum absolute atomic E-state index is 0.0745. The number of likely N-dealkylation sites (N-methyl/N-ethyl adjacent to an activating group) is 1. The van der Waals surface area contributed by atoms with E-state index in [9.17, 15) is 13.2 Å². The molecular formula is C23H33N5O4S. The molecule has 33 heavy (non-hydrogen) atoms. The van der Waals surface area contributed by atoms with Gasteiger partial charge < -0.3 is 19.9 Å². The van der Waals surface area contributed by atoms with Crippen LogP contribution < -0.4 is 19.7 Å². The molecule has 1 aromatic heterocycles. The van der Waals surface area contributed by atoms with Crippen LogP contribution in [0.15, 0.2) is 47.5 Å². The number of nitrogens with one attached hydrogen (secondary N) is 2. The van der Waals surface area contributed by atoms with E-state index in [1.807, 2.05) is 12.1 Å². The molecule has 1 saturated heterocycles. The highest BCUT2D eigenvalue weighted by Gasteiger charge is 2.28. The molecule has 1 amide bonds. The summed E-state index contributed by atoms with van der Waals surface area (Å²) >= 11 is 0. The highest BCUT2D eigenvalue weighted by atomic mass is 32.2. The van der Waals surface area contributed by atoms with Crippen LogP contribution in [0.4, 0.5) is 5.82 Å². The first-order valence-electron chi connectivity index (χ1n) is 11.0. The Labute approximate surface area is 196 Å². The maximum atomic E-state index is 12.8. The first-order chi connectivity index (χ1) is 15.7. The van der Waals surface area contributed by atoms with E-state index < -0.39 is 16.1 Å². The lowest BCUT2D eigenvalue weighted by Gasteiger charge is -2.33. The monoisotopic (exact) mass is 475 g/mol. The van der Waals surface area contributed by atoms with E-state index in [0.29, 0.717) is 5.75 Å². The molecule has 0 unspecified atom stereocenters. The van der Waals surface area contributed by atoms with Crippen molar-refractivity contribution >= 4 is 21.7 Å². The van der Waals surface area contributed by atoms with Gasteiger partial charge in [-0.3, -0.25) is 4.79 Å². The fraction of sp³-hybridized carbons (Fsp3) is 0.478. The third-order valence-electron chi connectivity index (χ3n) is 5.70. The highest BCUT2D eigenvalue weighted by molar-refractivity contribution is 7.89. The molecule has 10 heteroatoms. The van der Waals surface area contributed by atoms with Crippen molar-refractivity contribution in [1.82, 2.24) is 19.9 Å². The van der Waals surface area contributed by atoms with Crippen LogP contribution in [0.2, 0.25) is 0 Å². The van der Waals surface area contributed by atoms with Crippen LogP contribution in [-0.2, 0) is 21.4 Å². The summed E-state index contributed by atoms with van der Waals surface area (Å²) in [7, 11) is -0.248. The molecule has 0 saturated carbocycles. The van der Waals surface area contributed by atoms with Crippen molar-refractivity contribution in [2.24, 2.45) is 5.92 Å². The summed E-state index contributed by atoms with van der Waals surface area (Å²) in [4.78, 5) is 22.0. The molecule has 0 bridgehead atoms. The van der Waals surface area contributed by atoms with Gasteiger partial charge in [-0.1, -0.05) is 19.9 Å². The SMILES string of the molecule is COc1ccc(S(=O)(=O)N[C@H](C(=O)NCc2ccc(N3CCN(C)CC3)nc2)C(C)C)cc1. The maximum Gasteiger partial charge on any atom is 0.241 e. The molecule has 3 rings (SSSR count). The van der Waals surface area contributed by atoms with Crippen LogP contribution in [-0.4, -0.2) is 70.6 Å². The second kappa shape index (κ2) is 11.0.